The Bertz CT molecular complexity index is 1070. The van der Waals surface area contributed by atoms with Gasteiger partial charge in [-0.15, -0.1) is 10.2 Å². The van der Waals surface area contributed by atoms with Crippen molar-refractivity contribution >= 4 is 29.3 Å². The monoisotopic (exact) mass is 482 g/mol. The normalized spacial score (nSPS) is 16.3. The number of anilines is 2. The van der Waals surface area contributed by atoms with Gasteiger partial charge >= 0.3 is 0 Å². The molecule has 2 aromatic heterocycles. The standard InChI is InChI=1S/C24H30N6O3S/c1-32-20-8-6-19(7-9-20)27-12-14-28(15-13-27)22(31)18-34-24-26-25-23(29-10-2-3-11-29)30(24)17-21-5-4-16-33-21/h4-9,16H,2-3,10-15,17-18H2,1H3. The molecule has 0 aliphatic carbocycles. The predicted molar refractivity (Wildman–Crippen MR) is 132 cm³/mol. The topological polar surface area (TPSA) is 79.9 Å². The first-order valence-electron chi connectivity index (χ1n) is 11.7. The zero-order valence-corrected chi connectivity index (χ0v) is 20.2. The second-order valence-electron chi connectivity index (χ2n) is 8.50. The molecule has 2 fully saturated rings. The number of methoxy groups -OCH3 is 1. The van der Waals surface area contributed by atoms with E-state index >= 15 is 0 Å². The number of aromatic nitrogens is 3. The molecule has 0 unspecified atom stereocenters. The van der Waals surface area contributed by atoms with Crippen LogP contribution in [0.5, 0.6) is 5.75 Å². The number of nitrogens with zero attached hydrogens (tertiary/aromatic N) is 6. The molecule has 3 aromatic rings. The average Bonchev–Trinajstić information content (AvgIpc) is 3.66. The van der Waals surface area contributed by atoms with Gasteiger partial charge in [-0.3, -0.25) is 9.36 Å². The number of ether oxygens (including phenoxy) is 1. The molecule has 0 spiro atoms. The number of carbonyl (C=O) groups is 1. The van der Waals surface area contributed by atoms with Crippen molar-refractivity contribution in [1.82, 2.24) is 19.7 Å². The number of rotatable bonds is 8. The van der Waals surface area contributed by atoms with Gasteiger partial charge in [0.1, 0.15) is 11.5 Å². The molecule has 180 valence electrons. The van der Waals surface area contributed by atoms with Crippen LogP contribution in [0.25, 0.3) is 0 Å². The quantitative estimate of drug-likeness (QED) is 0.454. The van der Waals surface area contributed by atoms with Gasteiger partial charge in [-0.1, -0.05) is 11.8 Å². The maximum absolute atomic E-state index is 13.0. The van der Waals surface area contributed by atoms with Crippen molar-refractivity contribution in [2.45, 2.75) is 24.5 Å². The number of furan rings is 1. The van der Waals surface area contributed by atoms with Gasteiger partial charge < -0.3 is 23.9 Å². The number of benzene rings is 1. The van der Waals surface area contributed by atoms with Crippen molar-refractivity contribution in [3.05, 3.63) is 48.4 Å². The van der Waals surface area contributed by atoms with E-state index < -0.39 is 0 Å². The third-order valence-electron chi connectivity index (χ3n) is 6.37. The molecule has 1 aromatic carbocycles. The number of amides is 1. The molecule has 4 heterocycles. The summed E-state index contributed by atoms with van der Waals surface area (Å²) in [7, 11) is 1.67. The average molecular weight is 483 g/mol. The van der Waals surface area contributed by atoms with Crippen molar-refractivity contribution in [3.63, 3.8) is 0 Å². The first-order valence-corrected chi connectivity index (χ1v) is 12.7. The highest BCUT2D eigenvalue weighted by atomic mass is 32.2. The number of piperazine rings is 1. The van der Waals surface area contributed by atoms with Gasteiger partial charge in [0.15, 0.2) is 5.16 Å². The summed E-state index contributed by atoms with van der Waals surface area (Å²) in [6.07, 6.45) is 4.01. The van der Waals surface area contributed by atoms with Crippen LogP contribution >= 0.6 is 11.8 Å². The zero-order valence-electron chi connectivity index (χ0n) is 19.4. The Morgan fingerprint density at radius 2 is 1.76 bits per heavy atom. The van der Waals surface area contributed by atoms with Crippen LogP contribution in [0.4, 0.5) is 11.6 Å². The van der Waals surface area contributed by atoms with Gasteiger partial charge in [-0.05, 0) is 49.2 Å². The maximum Gasteiger partial charge on any atom is 0.233 e. The van der Waals surface area contributed by atoms with Crippen molar-refractivity contribution in [2.75, 3.05) is 61.9 Å². The third kappa shape index (κ3) is 5.01. The van der Waals surface area contributed by atoms with E-state index in [1.807, 2.05) is 29.2 Å². The lowest BCUT2D eigenvalue weighted by Gasteiger charge is -2.36. The van der Waals surface area contributed by atoms with E-state index in [2.05, 4.69) is 36.7 Å². The van der Waals surface area contributed by atoms with Crippen LogP contribution in [0.3, 0.4) is 0 Å². The predicted octanol–water partition coefficient (Wildman–Crippen LogP) is 2.97. The molecule has 2 aliphatic heterocycles. The van der Waals surface area contributed by atoms with Crippen LogP contribution in [-0.4, -0.2) is 77.7 Å². The Labute approximate surface area is 203 Å². The smallest absolute Gasteiger partial charge is 0.233 e. The molecule has 1 amide bonds. The Balaban J connectivity index is 1.19. The molecule has 0 radical (unpaired) electrons. The van der Waals surface area contributed by atoms with Gasteiger partial charge in [0.05, 0.1) is 25.7 Å². The molecule has 0 atom stereocenters. The third-order valence-corrected chi connectivity index (χ3v) is 7.33. The van der Waals surface area contributed by atoms with Crippen LogP contribution < -0.4 is 14.5 Å². The lowest BCUT2D eigenvalue weighted by atomic mass is 10.2. The molecule has 2 saturated heterocycles. The molecule has 9 nitrogen and oxygen atoms in total. The van der Waals surface area contributed by atoms with Crippen molar-refractivity contribution < 1.29 is 13.9 Å². The number of thioether (sulfide) groups is 1. The fraction of sp³-hybridized carbons (Fsp3) is 0.458. The van der Waals surface area contributed by atoms with Crippen molar-refractivity contribution in [3.8, 4) is 5.75 Å². The minimum atomic E-state index is 0.134. The van der Waals surface area contributed by atoms with Gasteiger partial charge in [0.2, 0.25) is 11.9 Å². The first kappa shape index (κ1) is 22.6. The molecule has 0 N–H and O–H groups in total. The first-order chi connectivity index (χ1) is 16.7. The summed E-state index contributed by atoms with van der Waals surface area (Å²) >= 11 is 1.45. The zero-order chi connectivity index (χ0) is 23.3. The highest BCUT2D eigenvalue weighted by Gasteiger charge is 2.25. The summed E-state index contributed by atoms with van der Waals surface area (Å²) in [5, 5.41) is 9.64. The second-order valence-corrected chi connectivity index (χ2v) is 9.44. The molecule has 0 saturated carbocycles. The maximum atomic E-state index is 13.0. The molecular weight excluding hydrogens is 452 g/mol. The lowest BCUT2D eigenvalue weighted by molar-refractivity contribution is -0.128. The molecule has 0 bridgehead atoms. The Hall–Kier alpha value is -3.14. The van der Waals surface area contributed by atoms with E-state index in [-0.39, 0.29) is 5.91 Å². The largest absolute Gasteiger partial charge is 0.497 e. The number of hydrogen-bond acceptors (Lipinski definition) is 8. The minimum Gasteiger partial charge on any atom is -0.497 e. The summed E-state index contributed by atoms with van der Waals surface area (Å²) in [5.74, 6) is 3.04. The Morgan fingerprint density at radius 3 is 2.44 bits per heavy atom. The molecule has 34 heavy (non-hydrogen) atoms. The summed E-state index contributed by atoms with van der Waals surface area (Å²) in [6.45, 7) is 5.58. The fourth-order valence-electron chi connectivity index (χ4n) is 4.46. The van der Waals surface area contributed by atoms with E-state index in [0.29, 0.717) is 25.4 Å². The number of hydrogen-bond donors (Lipinski definition) is 0. The summed E-state index contributed by atoms with van der Waals surface area (Å²) < 4.78 is 12.9. The SMILES string of the molecule is COc1ccc(N2CCN(C(=O)CSc3nnc(N4CCCC4)n3Cc3ccco3)CC2)cc1. The molecule has 5 rings (SSSR count). The fourth-order valence-corrected chi connectivity index (χ4v) is 5.30. The molecular formula is C24H30N6O3S. The summed E-state index contributed by atoms with van der Waals surface area (Å²) in [4.78, 5) is 19.5. The Morgan fingerprint density at radius 1 is 1.00 bits per heavy atom. The van der Waals surface area contributed by atoms with E-state index in [4.69, 9.17) is 9.15 Å². The van der Waals surface area contributed by atoms with E-state index in [9.17, 15) is 4.79 Å². The Kier molecular flexibility index (Phi) is 6.94. The number of carbonyl (C=O) groups excluding carboxylic acids is 1. The highest BCUT2D eigenvalue weighted by Crippen LogP contribution is 2.27. The van der Waals surface area contributed by atoms with E-state index in [0.717, 1.165) is 67.3 Å². The van der Waals surface area contributed by atoms with Gasteiger partial charge in [0, 0.05) is 45.0 Å². The molecule has 10 heteroatoms. The van der Waals surface area contributed by atoms with Crippen molar-refractivity contribution in [2.24, 2.45) is 0 Å². The summed E-state index contributed by atoms with van der Waals surface area (Å²) in [6, 6.07) is 11.9. The van der Waals surface area contributed by atoms with Crippen molar-refractivity contribution in [1.29, 1.82) is 0 Å². The van der Waals surface area contributed by atoms with E-state index in [1.165, 1.54) is 11.8 Å². The van der Waals surface area contributed by atoms with Crippen LogP contribution in [-0.2, 0) is 11.3 Å². The molecule has 2 aliphatic rings. The second kappa shape index (κ2) is 10.4. The van der Waals surface area contributed by atoms with Crippen LogP contribution in [0.15, 0.2) is 52.2 Å². The van der Waals surface area contributed by atoms with Gasteiger partial charge in [-0.2, -0.15) is 0 Å². The van der Waals surface area contributed by atoms with Crippen LogP contribution in [0, 0.1) is 0 Å². The van der Waals surface area contributed by atoms with Crippen LogP contribution in [0.2, 0.25) is 0 Å². The minimum absolute atomic E-state index is 0.134. The summed E-state index contributed by atoms with van der Waals surface area (Å²) in [5.41, 5.74) is 1.16. The van der Waals surface area contributed by atoms with Gasteiger partial charge in [-0.25, -0.2) is 0 Å². The van der Waals surface area contributed by atoms with Gasteiger partial charge in [0.25, 0.3) is 0 Å². The van der Waals surface area contributed by atoms with E-state index in [1.54, 1.807) is 13.4 Å². The highest BCUT2D eigenvalue weighted by molar-refractivity contribution is 7.99. The lowest BCUT2D eigenvalue weighted by Crippen LogP contribution is -2.49. The van der Waals surface area contributed by atoms with Crippen LogP contribution in [0.1, 0.15) is 18.6 Å².